The average Bonchev–Trinajstić information content (AvgIpc) is 3.28. The van der Waals surface area contributed by atoms with Crippen molar-refractivity contribution >= 4 is 23.4 Å². The highest BCUT2D eigenvalue weighted by atomic mass is 19.3. The van der Waals surface area contributed by atoms with Gasteiger partial charge < -0.3 is 15.0 Å². The highest BCUT2D eigenvalue weighted by molar-refractivity contribution is 5.90. The van der Waals surface area contributed by atoms with Gasteiger partial charge in [-0.3, -0.25) is 9.69 Å². The summed E-state index contributed by atoms with van der Waals surface area (Å²) in [7, 11) is 0. The van der Waals surface area contributed by atoms with Crippen molar-refractivity contribution in [2.24, 2.45) is 0 Å². The summed E-state index contributed by atoms with van der Waals surface area (Å²) in [6.07, 6.45) is -2.45. The summed E-state index contributed by atoms with van der Waals surface area (Å²) in [4.78, 5) is 59.1. The number of nitrogens with one attached hydrogen (secondary N) is 1. The Morgan fingerprint density at radius 2 is 1.59 bits per heavy atom. The fourth-order valence-electron chi connectivity index (χ4n) is 4.44. The molecule has 2 amide bonds. The molecule has 1 N–H and O–H groups in total. The monoisotopic (exact) mass is 552 g/mol. The third kappa shape index (κ3) is 4.82. The van der Waals surface area contributed by atoms with Crippen molar-refractivity contribution in [2.75, 3.05) is 36.0 Å². The van der Waals surface area contributed by atoms with Crippen molar-refractivity contribution in [1.82, 2.24) is 29.2 Å². The molecule has 2 aliphatic heterocycles. The number of aromatic nitrogens is 5. The molecule has 1 aromatic carbocycles. The Balaban J connectivity index is 1.33. The first-order valence-corrected chi connectivity index (χ1v) is 11.6. The van der Waals surface area contributed by atoms with Crippen LogP contribution >= 0.6 is 0 Å². The number of amides is 2. The smallest absolute Gasteiger partial charge is 0.414 e. The summed E-state index contributed by atoms with van der Waals surface area (Å²) < 4.78 is 63.2. The Bertz CT molecular complexity index is 1480. The van der Waals surface area contributed by atoms with E-state index in [0.717, 1.165) is 31.0 Å². The van der Waals surface area contributed by atoms with Crippen LogP contribution in [0.5, 0.6) is 0 Å². The molecule has 0 aliphatic carbocycles. The molecule has 206 valence electrons. The van der Waals surface area contributed by atoms with Gasteiger partial charge in [-0.1, -0.05) is 0 Å². The van der Waals surface area contributed by atoms with E-state index in [9.17, 15) is 28.0 Å². The maximum atomic E-state index is 15.2. The summed E-state index contributed by atoms with van der Waals surface area (Å²) in [5.74, 6) is -3.66. The first-order valence-electron chi connectivity index (χ1n) is 11.6. The van der Waals surface area contributed by atoms with Gasteiger partial charge >= 0.3 is 23.9 Å². The minimum absolute atomic E-state index is 0.0239. The third-order valence-electron chi connectivity index (χ3n) is 6.24. The number of hydrogen-bond donors (Lipinski definition) is 1. The third-order valence-corrected chi connectivity index (χ3v) is 6.24. The van der Waals surface area contributed by atoms with Crippen molar-refractivity contribution in [3.05, 3.63) is 63.2 Å². The van der Waals surface area contributed by atoms with Crippen LogP contribution in [0.25, 0.3) is 5.95 Å². The van der Waals surface area contributed by atoms with Crippen molar-refractivity contribution < 1.29 is 31.9 Å². The number of carbonyl (C=O) groups is 2. The number of anilines is 2. The molecule has 13 nitrogen and oxygen atoms in total. The number of alkyl halides is 2. The van der Waals surface area contributed by atoms with E-state index in [4.69, 9.17) is 4.74 Å². The second-order valence-electron chi connectivity index (χ2n) is 8.60. The second-order valence-corrected chi connectivity index (χ2v) is 8.60. The number of hydrogen-bond acceptors (Lipinski definition) is 8. The normalized spacial score (nSPS) is 17.3. The number of nitrogens with zero attached hydrogens (tertiary/aromatic N) is 7. The van der Waals surface area contributed by atoms with Gasteiger partial charge in [0.05, 0.1) is 31.9 Å². The van der Waals surface area contributed by atoms with Crippen LogP contribution in [0.2, 0.25) is 0 Å². The summed E-state index contributed by atoms with van der Waals surface area (Å²) >= 11 is 0. The van der Waals surface area contributed by atoms with Crippen molar-refractivity contribution in [1.29, 1.82) is 0 Å². The Hall–Kier alpha value is -4.70. The van der Waals surface area contributed by atoms with Crippen LogP contribution in [0.1, 0.15) is 0 Å². The minimum Gasteiger partial charge on any atom is -0.442 e. The molecule has 1 atom stereocenters. The zero-order valence-corrected chi connectivity index (χ0v) is 20.0. The molecule has 0 bridgehead atoms. The summed E-state index contributed by atoms with van der Waals surface area (Å²) in [5.41, 5.74) is -1.99. The Morgan fingerprint density at radius 3 is 2.15 bits per heavy atom. The number of benzene rings is 1. The number of cyclic esters (lactones) is 1. The van der Waals surface area contributed by atoms with Gasteiger partial charge in [0.1, 0.15) is 11.8 Å². The lowest BCUT2D eigenvalue weighted by Gasteiger charge is -2.24. The largest absolute Gasteiger partial charge is 0.442 e. The van der Waals surface area contributed by atoms with E-state index in [-0.39, 0.29) is 44.4 Å². The Kier molecular flexibility index (Phi) is 6.80. The van der Waals surface area contributed by atoms with E-state index in [1.54, 1.807) is 0 Å². The molecule has 0 radical (unpaired) electrons. The molecule has 39 heavy (non-hydrogen) atoms. The molecule has 1 fully saturated rings. The number of rotatable bonds is 6. The van der Waals surface area contributed by atoms with Gasteiger partial charge in [0.15, 0.2) is 11.6 Å². The first-order chi connectivity index (χ1) is 18.7. The standard InChI is InChI=1S/C22H20F4N8O5/c23-14-8-12(31-11-13(39-22(31)38)10-29-18(35)17(25)26)9-15(24)16(14)30-4-6-32-20(36)34(19-27-2-1-3-28-19)21(37)33(32)7-5-30/h1-3,8-9,13,17H,4-7,10-11H2,(H,29,35). The molecule has 5 rings (SSSR count). The molecule has 2 aromatic heterocycles. The fourth-order valence-corrected chi connectivity index (χ4v) is 4.44. The minimum atomic E-state index is -3.24. The highest BCUT2D eigenvalue weighted by Gasteiger charge is 2.34. The Morgan fingerprint density at radius 1 is 1.00 bits per heavy atom. The molecular weight excluding hydrogens is 532 g/mol. The van der Waals surface area contributed by atoms with Crippen LogP contribution in [-0.2, 0) is 22.6 Å². The Labute approximate surface area is 215 Å². The van der Waals surface area contributed by atoms with Gasteiger partial charge in [0.25, 0.3) is 5.91 Å². The van der Waals surface area contributed by atoms with Crippen LogP contribution in [-0.4, -0.2) is 74.6 Å². The molecular formula is C22H20F4N8O5. The van der Waals surface area contributed by atoms with Crippen LogP contribution in [0, 0.1) is 11.6 Å². The average molecular weight is 552 g/mol. The summed E-state index contributed by atoms with van der Waals surface area (Å²) in [6, 6.07) is 3.36. The summed E-state index contributed by atoms with van der Waals surface area (Å²) in [6.45, 7) is -0.827. The van der Waals surface area contributed by atoms with Crippen molar-refractivity contribution in [2.45, 2.75) is 25.6 Å². The molecule has 17 heteroatoms. The van der Waals surface area contributed by atoms with E-state index < -0.39 is 59.8 Å². The second kappa shape index (κ2) is 10.2. The zero-order valence-electron chi connectivity index (χ0n) is 20.0. The predicted octanol–water partition coefficient (Wildman–Crippen LogP) is 0.0956. The topological polar surface area (TPSA) is 137 Å². The van der Waals surface area contributed by atoms with Gasteiger partial charge in [-0.15, -0.1) is 0 Å². The summed E-state index contributed by atoms with van der Waals surface area (Å²) in [5, 5.41) is 1.92. The number of carbonyl (C=O) groups excluding carboxylic acids is 2. The lowest BCUT2D eigenvalue weighted by molar-refractivity contribution is -0.132. The van der Waals surface area contributed by atoms with Crippen molar-refractivity contribution in [3.63, 3.8) is 0 Å². The molecule has 1 unspecified atom stereocenters. The SMILES string of the molecule is O=C(NCC1CN(c2cc(F)c(N3CCn4c(=O)n(-c5ncccn5)c(=O)n4CC3)c(F)c2)C(=O)O1)C(F)F. The maximum Gasteiger partial charge on any atom is 0.414 e. The quantitative estimate of drug-likeness (QED) is 0.426. The molecule has 0 saturated carbocycles. The zero-order chi connectivity index (χ0) is 27.8. The number of ether oxygens (including phenoxy) is 1. The molecule has 4 heterocycles. The predicted molar refractivity (Wildman–Crippen MR) is 125 cm³/mol. The number of halogens is 4. The van der Waals surface area contributed by atoms with Crippen LogP contribution in [0.15, 0.2) is 40.2 Å². The highest BCUT2D eigenvalue weighted by Crippen LogP contribution is 2.31. The van der Waals surface area contributed by atoms with Gasteiger partial charge in [-0.25, -0.2) is 42.5 Å². The molecule has 0 spiro atoms. The lowest BCUT2D eigenvalue weighted by Crippen LogP contribution is -2.37. The van der Waals surface area contributed by atoms with E-state index in [1.165, 1.54) is 23.4 Å². The van der Waals surface area contributed by atoms with Crippen LogP contribution < -0.4 is 26.5 Å². The lowest BCUT2D eigenvalue weighted by atomic mass is 10.2. The van der Waals surface area contributed by atoms with E-state index in [2.05, 4.69) is 9.97 Å². The van der Waals surface area contributed by atoms with Crippen molar-refractivity contribution in [3.8, 4) is 5.95 Å². The molecule has 2 aliphatic rings. The maximum absolute atomic E-state index is 15.2. The van der Waals surface area contributed by atoms with E-state index >= 15 is 8.78 Å². The van der Waals surface area contributed by atoms with Crippen LogP contribution in [0.4, 0.5) is 33.7 Å². The van der Waals surface area contributed by atoms with E-state index in [1.807, 2.05) is 5.32 Å². The van der Waals surface area contributed by atoms with Gasteiger partial charge in [-0.05, 0) is 6.07 Å². The fraction of sp³-hybridized carbons (Fsp3) is 0.364. The molecule has 3 aromatic rings. The van der Waals surface area contributed by atoms with Gasteiger partial charge in [0, 0.05) is 37.6 Å². The number of fused-ring (bicyclic) bond motifs is 1. The van der Waals surface area contributed by atoms with E-state index in [0.29, 0.717) is 0 Å². The molecule has 1 saturated heterocycles. The van der Waals surface area contributed by atoms with Crippen LogP contribution in [0.3, 0.4) is 0 Å². The van der Waals surface area contributed by atoms with Gasteiger partial charge in [-0.2, -0.15) is 13.3 Å². The van der Waals surface area contributed by atoms with Gasteiger partial charge in [0.2, 0.25) is 5.95 Å². The first kappa shape index (κ1) is 25.9.